The fourth-order valence-electron chi connectivity index (χ4n) is 8.64. The number of methoxy groups -OCH3 is 2. The smallest absolute Gasteiger partial charge is 0.537 e. The van der Waals surface area contributed by atoms with E-state index < -0.39 is 43.4 Å². The molecule has 0 fully saturated rings. The summed E-state index contributed by atoms with van der Waals surface area (Å²) in [7, 11) is -4.44. The third-order valence-corrected chi connectivity index (χ3v) is 16.0. The normalized spacial score (nSPS) is 13.0. The second kappa shape index (κ2) is 27.7. The molecule has 1 radical (unpaired) electrons. The van der Waals surface area contributed by atoms with Crippen molar-refractivity contribution >= 4 is 75.5 Å². The van der Waals surface area contributed by atoms with Gasteiger partial charge in [-0.15, -0.1) is 10.2 Å². The monoisotopic (exact) mass is 1270 g/mol. The van der Waals surface area contributed by atoms with Gasteiger partial charge >= 0.3 is 28.1 Å². The van der Waals surface area contributed by atoms with Crippen molar-refractivity contribution in [1.82, 2.24) is 38.1 Å². The van der Waals surface area contributed by atoms with Crippen molar-refractivity contribution in [3.05, 3.63) is 204 Å². The van der Waals surface area contributed by atoms with E-state index >= 15 is 4.39 Å². The number of pyridine rings is 2. The highest BCUT2D eigenvalue weighted by Crippen LogP contribution is 2.36. The van der Waals surface area contributed by atoms with Crippen LogP contribution in [0, 0.1) is 37.1 Å². The van der Waals surface area contributed by atoms with Gasteiger partial charge in [0, 0.05) is 92.6 Å². The van der Waals surface area contributed by atoms with Gasteiger partial charge in [0.15, 0.2) is 11.6 Å². The Balaban J connectivity index is 0.000000221. The topological polar surface area (TPSA) is 242 Å². The van der Waals surface area contributed by atoms with Crippen LogP contribution in [0.2, 0.25) is 0 Å². The fourth-order valence-corrected chi connectivity index (χ4v) is 11.2. The molecule has 2 aliphatic heterocycles. The van der Waals surface area contributed by atoms with Crippen LogP contribution in [-0.2, 0) is 46.3 Å². The highest BCUT2D eigenvalue weighted by atomic mass is 79.9. The number of fused-ring (bicyclic) bond motifs is 2. The molecular weight excluding hydrogens is 1220 g/mol. The summed E-state index contributed by atoms with van der Waals surface area (Å²) >= 11 is 3.11. The third-order valence-electron chi connectivity index (χ3n) is 12.5. The van der Waals surface area contributed by atoms with Crippen molar-refractivity contribution in [2.45, 2.75) is 39.8 Å². The van der Waals surface area contributed by atoms with Gasteiger partial charge in [-0.05, 0) is 124 Å². The van der Waals surface area contributed by atoms with Crippen LogP contribution < -0.4 is 34.7 Å². The summed E-state index contributed by atoms with van der Waals surface area (Å²) in [6.45, 7) is 3.43. The quantitative estimate of drug-likeness (QED) is 0.0598. The predicted molar refractivity (Wildman–Crippen MR) is 314 cm³/mol. The number of rotatable bonds is 13. The van der Waals surface area contributed by atoms with Gasteiger partial charge in [-0.2, -0.15) is 55.4 Å². The Morgan fingerprint density at radius 1 is 0.610 bits per heavy atom. The van der Waals surface area contributed by atoms with Crippen LogP contribution in [-0.4, -0.2) is 95.0 Å². The standard InChI is InChI=1S/C26H23F2N5O4S.C19H17BrFN5O4S.C7H7BFO2.2H3P/c1-16-12-17(5-7-20(16)27)19-13-24(37-2)23(14-21(19)28)33-22-9-11-32(15-18(22)6-8-26(33)34)38(35,36)31-25-4-3-10-29-30-25;1-30-17-9-13(20)14(21)10-16(17)26-15-6-8-25(11-12(15)4-5-19(26)27)31(28,29)24-18-3-2-7-22-23-18;1-5-4-6(11-8-10)2-3-7(5)9;;/h3-8,10,12-14H,9,11,15H2,1-2H3,(H,30,31);2-5,7,9-10H,6,8,11H2,1H3,(H,23,24);2-4,10H,1H3;2*1H3. The van der Waals surface area contributed by atoms with Gasteiger partial charge in [-0.25, -0.2) is 17.6 Å². The van der Waals surface area contributed by atoms with E-state index in [1.165, 1.54) is 129 Å². The minimum atomic E-state index is -3.95. The zero-order chi connectivity index (χ0) is 57.5. The first-order valence-corrected chi connectivity index (χ1v) is 27.5. The lowest BCUT2D eigenvalue weighted by Gasteiger charge is -2.30. The predicted octanol–water partition coefficient (Wildman–Crippen LogP) is 7.01. The van der Waals surface area contributed by atoms with Crippen LogP contribution in [0.1, 0.15) is 33.6 Å². The second-order valence-corrected chi connectivity index (χ2v) is 21.8. The molecule has 4 aromatic carbocycles. The molecule has 0 saturated heterocycles. The van der Waals surface area contributed by atoms with E-state index in [1.807, 2.05) is 0 Å². The van der Waals surface area contributed by atoms with Crippen molar-refractivity contribution in [1.29, 1.82) is 0 Å². The lowest BCUT2D eigenvalue weighted by molar-refractivity contribution is 0.385. The van der Waals surface area contributed by atoms with Crippen LogP contribution in [0.25, 0.3) is 22.5 Å². The molecule has 431 valence electrons. The Hall–Kier alpha value is -7.16. The zero-order valence-electron chi connectivity index (χ0n) is 44.2. The van der Waals surface area contributed by atoms with Crippen molar-refractivity contribution in [2.24, 2.45) is 0 Å². The maximum atomic E-state index is 15.4. The number of aryl methyl sites for hydroxylation is 2. The molecule has 0 saturated carbocycles. The van der Waals surface area contributed by atoms with Crippen molar-refractivity contribution in [3.63, 3.8) is 0 Å². The van der Waals surface area contributed by atoms with Crippen molar-refractivity contribution in [3.8, 4) is 39.8 Å². The Kier molecular flexibility index (Phi) is 21.7. The number of ether oxygens (including phenoxy) is 2. The zero-order valence-corrected chi connectivity index (χ0v) is 50.2. The molecule has 0 bridgehead atoms. The average molecular weight is 1270 g/mol. The lowest BCUT2D eigenvalue weighted by Crippen LogP contribution is -2.41. The van der Waals surface area contributed by atoms with Crippen LogP contribution in [0.15, 0.2) is 136 Å². The number of hydrogen-bond donors (Lipinski definition) is 3. The molecular formula is C52H53BBrF4N10O10P2S2. The van der Waals surface area contributed by atoms with Gasteiger partial charge in [0.1, 0.15) is 40.5 Å². The van der Waals surface area contributed by atoms with E-state index in [0.29, 0.717) is 58.4 Å². The summed E-state index contributed by atoms with van der Waals surface area (Å²) < 4.78 is 133. The first kappa shape index (κ1) is 64.0. The first-order chi connectivity index (χ1) is 38.2. The van der Waals surface area contributed by atoms with E-state index in [0.717, 1.165) is 0 Å². The highest BCUT2D eigenvalue weighted by Gasteiger charge is 2.32. The Labute approximate surface area is 484 Å². The van der Waals surface area contributed by atoms with Gasteiger partial charge in [-0.1, -0.05) is 18.2 Å². The van der Waals surface area contributed by atoms with Gasteiger partial charge in [0.05, 0.1) is 30.1 Å². The minimum Gasteiger partial charge on any atom is -0.537 e. The third kappa shape index (κ3) is 14.7. The van der Waals surface area contributed by atoms with Crippen molar-refractivity contribution in [2.75, 3.05) is 36.8 Å². The number of hydrogen-bond acceptors (Lipinski definition) is 14. The number of halogens is 5. The summed E-state index contributed by atoms with van der Waals surface area (Å²) in [5, 5.41) is 23.1. The molecule has 3 N–H and O–H groups in total. The number of nitrogens with one attached hydrogen (secondary N) is 2. The Morgan fingerprint density at radius 2 is 1.09 bits per heavy atom. The molecule has 2 atom stereocenters. The molecule has 0 aliphatic carbocycles. The summed E-state index contributed by atoms with van der Waals surface area (Å²) in [6.07, 6.45) is 3.30. The Morgan fingerprint density at radius 3 is 1.54 bits per heavy atom. The van der Waals surface area contributed by atoms with Crippen molar-refractivity contribution < 1.29 is 53.5 Å². The molecule has 0 spiro atoms. The fraction of sp³-hybridized carbons (Fsp3) is 0.192. The molecule has 2 unspecified atom stereocenters. The van der Waals surface area contributed by atoms with Crippen LogP contribution in [0.5, 0.6) is 17.2 Å². The maximum absolute atomic E-state index is 15.4. The molecule has 4 aromatic heterocycles. The molecule has 10 rings (SSSR count). The lowest BCUT2D eigenvalue weighted by atomic mass is 10.0. The Bertz CT molecular complexity index is 3970. The molecule has 8 aromatic rings. The number of benzene rings is 4. The minimum absolute atomic E-state index is 0. The van der Waals surface area contributed by atoms with Crippen LogP contribution in [0.3, 0.4) is 0 Å². The van der Waals surface area contributed by atoms with E-state index in [9.17, 15) is 39.6 Å². The summed E-state index contributed by atoms with van der Waals surface area (Å²) in [4.78, 5) is 25.7. The maximum Gasteiger partial charge on any atom is 0.569 e. The summed E-state index contributed by atoms with van der Waals surface area (Å²) in [5.41, 5.74) is 3.52. The summed E-state index contributed by atoms with van der Waals surface area (Å²) in [6, 6.07) is 25.7. The molecule has 6 heterocycles. The second-order valence-electron chi connectivity index (χ2n) is 17.6. The molecule has 30 heteroatoms. The van der Waals surface area contributed by atoms with Crippen LogP contribution >= 0.6 is 35.7 Å². The number of aromatic nitrogens is 6. The largest absolute Gasteiger partial charge is 0.569 e. The summed E-state index contributed by atoms with van der Waals surface area (Å²) in [5.74, 6) is -0.697. The van der Waals surface area contributed by atoms with Crippen LogP contribution in [0.4, 0.5) is 29.2 Å². The SMILES string of the molecule is COc1cc(-c2ccc(F)c(C)c2)c(F)cc1-n1c2c(ccc1=O)CN(S(=O)(=O)Nc1cccnn1)CC2.COc1cc(Br)c(F)cc1-n1c2c(ccc1=O)CN(S(=O)(=O)Nc1cccnn1)CC2.Cc1cc(O[B]O)ccc1F.P.P. The van der Waals surface area contributed by atoms with Gasteiger partial charge in [0.25, 0.3) is 11.1 Å². The van der Waals surface area contributed by atoms with E-state index in [-0.39, 0.29) is 109 Å². The molecule has 2 aliphatic rings. The van der Waals surface area contributed by atoms with Gasteiger partial charge in [-0.3, -0.25) is 28.2 Å². The van der Waals surface area contributed by atoms with E-state index in [1.54, 1.807) is 38.1 Å². The van der Waals surface area contributed by atoms with E-state index in [2.05, 4.69) is 50.4 Å². The first-order valence-electron chi connectivity index (χ1n) is 23.9. The molecule has 20 nitrogen and oxygen atoms in total. The number of anilines is 2. The van der Waals surface area contributed by atoms with Gasteiger partial charge < -0.3 is 19.2 Å². The highest BCUT2D eigenvalue weighted by molar-refractivity contribution is 9.10. The van der Waals surface area contributed by atoms with Gasteiger partial charge in [0.2, 0.25) is 0 Å². The average Bonchev–Trinajstić information content (AvgIpc) is 3.64. The van der Waals surface area contributed by atoms with E-state index in [4.69, 9.17) is 14.5 Å². The molecule has 82 heavy (non-hydrogen) atoms. The number of nitrogens with zero attached hydrogens (tertiary/aromatic N) is 8. The molecule has 0 amide bonds.